The Bertz CT molecular complexity index is 742. The van der Waals surface area contributed by atoms with E-state index in [-0.39, 0.29) is 5.69 Å². The van der Waals surface area contributed by atoms with Gasteiger partial charge in [0, 0.05) is 6.04 Å². The summed E-state index contributed by atoms with van der Waals surface area (Å²) in [7, 11) is 0. The number of anilines is 1. The molecule has 9 heteroatoms. The van der Waals surface area contributed by atoms with Crippen LogP contribution in [0.5, 0.6) is 0 Å². The zero-order valence-electron chi connectivity index (χ0n) is 12.7. The summed E-state index contributed by atoms with van der Waals surface area (Å²) in [5.74, 6) is -0.512. The molecule has 1 atom stereocenters. The van der Waals surface area contributed by atoms with E-state index >= 15 is 0 Å². The van der Waals surface area contributed by atoms with Crippen LogP contribution in [0.2, 0.25) is 0 Å². The zero-order valence-corrected chi connectivity index (χ0v) is 13.6. The second-order valence-electron chi connectivity index (χ2n) is 5.54. The molecular formula is C15H15F3N4OS. The summed E-state index contributed by atoms with van der Waals surface area (Å²) in [6.07, 6.45) is -0.813. The Morgan fingerprint density at radius 2 is 2.08 bits per heavy atom. The molecule has 2 aromatic rings. The number of amides is 1. The summed E-state index contributed by atoms with van der Waals surface area (Å²) in [5, 5.41) is 10.2. The lowest BCUT2D eigenvalue weighted by atomic mass is 10.1. The number of thioether (sulfide) groups is 1. The van der Waals surface area contributed by atoms with E-state index in [2.05, 4.69) is 15.5 Å². The third-order valence-corrected chi connectivity index (χ3v) is 4.69. The summed E-state index contributed by atoms with van der Waals surface area (Å²) in [5.41, 5.74) is -1.11. The molecule has 5 nitrogen and oxygen atoms in total. The summed E-state index contributed by atoms with van der Waals surface area (Å²) in [6, 6.07) is 5.28. The number of rotatable bonds is 5. The van der Waals surface area contributed by atoms with Crippen molar-refractivity contribution in [2.45, 2.75) is 42.4 Å². The zero-order chi connectivity index (χ0) is 17.3. The highest BCUT2D eigenvalue weighted by Crippen LogP contribution is 2.38. The van der Waals surface area contributed by atoms with E-state index in [1.807, 2.05) is 4.57 Å². The minimum atomic E-state index is -4.52. The SMILES string of the molecule is CC(Sc1nncn1C1CC1)C(=O)Nc1ccccc1C(F)(F)F. The van der Waals surface area contributed by atoms with E-state index in [1.54, 1.807) is 13.3 Å². The van der Waals surface area contributed by atoms with Gasteiger partial charge in [0.1, 0.15) is 6.33 Å². The normalized spacial score (nSPS) is 16.0. The van der Waals surface area contributed by atoms with Gasteiger partial charge in [0.25, 0.3) is 0 Å². The smallest absolute Gasteiger partial charge is 0.325 e. The van der Waals surface area contributed by atoms with Gasteiger partial charge in [-0.25, -0.2) is 0 Å². The Balaban J connectivity index is 1.70. The maximum Gasteiger partial charge on any atom is 0.418 e. The van der Waals surface area contributed by atoms with Crippen LogP contribution >= 0.6 is 11.8 Å². The number of carbonyl (C=O) groups excluding carboxylic acids is 1. The Kier molecular flexibility index (Phi) is 4.53. The monoisotopic (exact) mass is 356 g/mol. The second-order valence-corrected chi connectivity index (χ2v) is 6.85. The van der Waals surface area contributed by atoms with Gasteiger partial charge in [-0.15, -0.1) is 10.2 Å². The molecule has 128 valence electrons. The van der Waals surface area contributed by atoms with Gasteiger partial charge < -0.3 is 9.88 Å². The van der Waals surface area contributed by atoms with Gasteiger partial charge in [-0.1, -0.05) is 23.9 Å². The van der Waals surface area contributed by atoms with Crippen LogP contribution in [-0.4, -0.2) is 25.9 Å². The van der Waals surface area contributed by atoms with Gasteiger partial charge in [0.15, 0.2) is 5.16 Å². The molecule has 0 bridgehead atoms. The predicted molar refractivity (Wildman–Crippen MR) is 83.7 cm³/mol. The molecule has 1 aromatic heterocycles. The van der Waals surface area contributed by atoms with Crippen LogP contribution in [0.4, 0.5) is 18.9 Å². The minimum Gasteiger partial charge on any atom is -0.325 e. The van der Waals surface area contributed by atoms with Crippen LogP contribution in [0.3, 0.4) is 0 Å². The molecule has 1 heterocycles. The number of carbonyl (C=O) groups is 1. The van der Waals surface area contributed by atoms with Crippen molar-refractivity contribution < 1.29 is 18.0 Å². The molecule has 24 heavy (non-hydrogen) atoms. The Hall–Kier alpha value is -2.03. The van der Waals surface area contributed by atoms with E-state index in [9.17, 15) is 18.0 Å². The molecule has 1 aliphatic rings. The molecule has 1 aromatic carbocycles. The lowest BCUT2D eigenvalue weighted by Gasteiger charge is -2.16. The lowest BCUT2D eigenvalue weighted by Crippen LogP contribution is -2.24. The molecule has 0 aliphatic heterocycles. The van der Waals surface area contributed by atoms with Gasteiger partial charge in [0.2, 0.25) is 5.91 Å². The van der Waals surface area contributed by atoms with Crippen LogP contribution in [0.1, 0.15) is 31.4 Å². The molecule has 1 unspecified atom stereocenters. The number of halogens is 3. The van der Waals surface area contributed by atoms with Crippen molar-refractivity contribution in [3.05, 3.63) is 36.2 Å². The standard InChI is InChI=1S/C15H15F3N4OS/c1-9(24-14-21-19-8-22(14)10-6-7-10)13(23)20-12-5-3-2-4-11(12)15(16,17)18/h2-5,8-10H,6-7H2,1H3,(H,20,23). The molecule has 1 N–H and O–H groups in total. The van der Waals surface area contributed by atoms with E-state index in [1.165, 1.54) is 30.0 Å². The Morgan fingerprint density at radius 1 is 1.38 bits per heavy atom. The average Bonchev–Trinajstić information content (AvgIpc) is 3.26. The molecule has 0 radical (unpaired) electrons. The van der Waals surface area contributed by atoms with E-state index in [0.717, 1.165) is 18.9 Å². The van der Waals surface area contributed by atoms with Crippen molar-refractivity contribution in [1.29, 1.82) is 0 Å². The van der Waals surface area contributed by atoms with Crippen LogP contribution in [0, 0.1) is 0 Å². The van der Waals surface area contributed by atoms with E-state index in [0.29, 0.717) is 11.2 Å². The number of hydrogen-bond donors (Lipinski definition) is 1. The highest BCUT2D eigenvalue weighted by atomic mass is 32.2. The first-order valence-electron chi connectivity index (χ1n) is 7.39. The minimum absolute atomic E-state index is 0.244. The number of alkyl halides is 3. The molecule has 1 aliphatic carbocycles. The van der Waals surface area contributed by atoms with E-state index in [4.69, 9.17) is 0 Å². The quantitative estimate of drug-likeness (QED) is 0.829. The molecule has 3 rings (SSSR count). The Labute approximate surface area is 140 Å². The third kappa shape index (κ3) is 3.72. The summed E-state index contributed by atoms with van der Waals surface area (Å²) in [6.45, 7) is 1.63. The molecule has 0 saturated heterocycles. The number of para-hydroxylation sites is 1. The van der Waals surface area contributed by atoms with Gasteiger partial charge in [-0.05, 0) is 31.9 Å². The van der Waals surface area contributed by atoms with Gasteiger partial charge >= 0.3 is 6.18 Å². The third-order valence-electron chi connectivity index (χ3n) is 3.62. The van der Waals surface area contributed by atoms with Crippen molar-refractivity contribution >= 4 is 23.4 Å². The topological polar surface area (TPSA) is 59.8 Å². The Morgan fingerprint density at radius 3 is 2.75 bits per heavy atom. The van der Waals surface area contributed by atoms with Crippen molar-refractivity contribution in [1.82, 2.24) is 14.8 Å². The molecule has 0 spiro atoms. The lowest BCUT2D eigenvalue weighted by molar-refractivity contribution is -0.137. The van der Waals surface area contributed by atoms with Gasteiger partial charge in [-0.3, -0.25) is 4.79 Å². The summed E-state index contributed by atoms with van der Waals surface area (Å²) < 4.78 is 40.8. The van der Waals surface area contributed by atoms with Crippen molar-refractivity contribution in [2.75, 3.05) is 5.32 Å². The predicted octanol–water partition coefficient (Wildman–Crippen LogP) is 3.75. The van der Waals surface area contributed by atoms with Crippen molar-refractivity contribution in [3.8, 4) is 0 Å². The summed E-state index contributed by atoms with van der Waals surface area (Å²) in [4.78, 5) is 12.3. The highest BCUT2D eigenvalue weighted by molar-refractivity contribution is 8.00. The highest BCUT2D eigenvalue weighted by Gasteiger charge is 2.34. The number of aromatic nitrogens is 3. The van der Waals surface area contributed by atoms with Crippen LogP contribution in [-0.2, 0) is 11.0 Å². The maximum absolute atomic E-state index is 13.0. The fraction of sp³-hybridized carbons (Fsp3) is 0.400. The van der Waals surface area contributed by atoms with Crippen molar-refractivity contribution in [2.24, 2.45) is 0 Å². The fourth-order valence-corrected chi connectivity index (χ4v) is 3.10. The molecule has 1 saturated carbocycles. The first-order chi connectivity index (χ1) is 11.4. The van der Waals surface area contributed by atoms with Crippen molar-refractivity contribution in [3.63, 3.8) is 0 Å². The maximum atomic E-state index is 13.0. The van der Waals surface area contributed by atoms with E-state index < -0.39 is 22.9 Å². The van der Waals surface area contributed by atoms with Gasteiger partial charge in [0.05, 0.1) is 16.5 Å². The van der Waals surface area contributed by atoms with Gasteiger partial charge in [-0.2, -0.15) is 13.2 Å². The first kappa shape index (κ1) is 16.8. The van der Waals surface area contributed by atoms with Crippen LogP contribution in [0.15, 0.2) is 35.7 Å². The van der Waals surface area contributed by atoms with Crippen LogP contribution in [0.25, 0.3) is 0 Å². The molecule has 1 fully saturated rings. The average molecular weight is 356 g/mol. The first-order valence-corrected chi connectivity index (χ1v) is 8.27. The summed E-state index contributed by atoms with van der Waals surface area (Å²) >= 11 is 1.18. The molecular weight excluding hydrogens is 341 g/mol. The second kappa shape index (κ2) is 6.46. The molecule has 1 amide bonds. The van der Waals surface area contributed by atoms with Crippen LogP contribution < -0.4 is 5.32 Å². The number of hydrogen-bond acceptors (Lipinski definition) is 4. The largest absolute Gasteiger partial charge is 0.418 e. The number of nitrogens with one attached hydrogen (secondary N) is 1. The number of nitrogens with zero attached hydrogens (tertiary/aromatic N) is 3. The fourth-order valence-electron chi connectivity index (χ4n) is 2.20. The number of benzene rings is 1.